The van der Waals surface area contributed by atoms with Crippen molar-refractivity contribution in [3.05, 3.63) is 92.6 Å². The molecule has 0 saturated heterocycles. The first kappa shape index (κ1) is 38.7. The molecular formula is C30H29ClCsF3N8O4-2. The van der Waals surface area contributed by atoms with Gasteiger partial charge in [0.2, 0.25) is 12.3 Å². The number of nitrogens with zero attached hydrogens (tertiary/aromatic N) is 7. The van der Waals surface area contributed by atoms with E-state index in [-0.39, 0.29) is 110 Å². The van der Waals surface area contributed by atoms with Crippen LogP contribution in [0.5, 0.6) is 5.75 Å². The molecule has 47 heavy (non-hydrogen) atoms. The van der Waals surface area contributed by atoms with Crippen LogP contribution in [-0.4, -0.2) is 59.9 Å². The van der Waals surface area contributed by atoms with Gasteiger partial charge in [-0.25, -0.2) is 19.9 Å². The molecular weight excluding hydrogens is 762 g/mol. The molecule has 1 aliphatic heterocycles. The van der Waals surface area contributed by atoms with Gasteiger partial charge >= 0.3 is 75.1 Å². The molecule has 4 aromatic rings. The van der Waals surface area contributed by atoms with Crippen LogP contribution in [0.15, 0.2) is 29.3 Å². The number of hydrogen-bond acceptors (Lipinski definition) is 8. The number of pyridine rings is 1. The van der Waals surface area contributed by atoms with E-state index in [1.807, 2.05) is 18.4 Å². The summed E-state index contributed by atoms with van der Waals surface area (Å²) in [7, 11) is 0. The third-order valence-electron chi connectivity index (χ3n) is 7.18. The van der Waals surface area contributed by atoms with Gasteiger partial charge in [0.25, 0.3) is 0 Å². The largest absolute Gasteiger partial charge is 1.00 e. The van der Waals surface area contributed by atoms with E-state index in [1.54, 1.807) is 6.92 Å². The number of anilines is 1. The number of aromatic nitrogens is 5. The van der Waals surface area contributed by atoms with Crippen LogP contribution >= 0.6 is 11.6 Å². The summed E-state index contributed by atoms with van der Waals surface area (Å²) in [6.45, 7) is 11.4. The van der Waals surface area contributed by atoms with Crippen molar-refractivity contribution >= 4 is 46.5 Å². The predicted molar refractivity (Wildman–Crippen MR) is 165 cm³/mol. The second-order valence-electron chi connectivity index (χ2n) is 10.1. The van der Waals surface area contributed by atoms with Gasteiger partial charge in [-0.3, -0.25) is 14.4 Å². The van der Waals surface area contributed by atoms with Crippen LogP contribution < -0.4 is 79.6 Å². The summed E-state index contributed by atoms with van der Waals surface area (Å²) >= 11 is 5.49. The number of nitrogens with one attached hydrogen (secondary N) is 1. The van der Waals surface area contributed by atoms with Crippen LogP contribution in [-0.2, 0) is 23.9 Å². The summed E-state index contributed by atoms with van der Waals surface area (Å²) in [6.07, 6.45) is -1.23. The Hall–Kier alpha value is -2.74. The second-order valence-corrected chi connectivity index (χ2v) is 10.5. The van der Waals surface area contributed by atoms with Crippen LogP contribution in [0.25, 0.3) is 16.5 Å². The molecule has 1 aromatic carbocycles. The fourth-order valence-electron chi connectivity index (χ4n) is 4.67. The second kappa shape index (κ2) is 16.6. The van der Waals surface area contributed by atoms with Gasteiger partial charge in [-0.15, -0.1) is 6.54 Å². The SMILES string of the molecule is O=CNc1ccc(C(F)(F)F)cc1Cl.[CH2-][CH-]N(CC[N-]c1c2n(c3nc(C)c(C)nc3c1=O)CCC2)C(=O)c1ncnc(C)c1O.[Cs+]. The van der Waals surface area contributed by atoms with E-state index in [0.29, 0.717) is 34.6 Å². The molecule has 17 heteroatoms. The Kier molecular flexibility index (Phi) is 13.7. The number of alkyl halides is 3. The van der Waals surface area contributed by atoms with Gasteiger partial charge in [-0.05, 0) is 58.4 Å². The number of benzene rings is 1. The standard InChI is InChI=1S/C22H24N7O3.C8H5ClF3NO.Cs/c1-5-28(22(32)18-19(30)14(4)24-11-25-18)10-8-23-16-15-7-6-9-29(15)21-17(20(16)31)26-12(2)13(3)27-21;9-6-3-5(8(10,11)12)1-2-7(6)13-4-14;/h5,11H,1,6-10H2,2-4H3,(H,30,32);1-4H,(H,13,14);/q-3;;+1. The first-order valence-corrected chi connectivity index (χ1v) is 14.2. The molecule has 2 amide bonds. The molecule has 2 N–H and O–H groups in total. The third-order valence-corrected chi connectivity index (χ3v) is 7.49. The molecule has 0 fully saturated rings. The zero-order valence-corrected chi connectivity index (χ0v) is 33.1. The number of amides is 2. The normalized spacial score (nSPS) is 12.0. The molecule has 0 spiro atoms. The Labute approximate surface area is 332 Å². The Bertz CT molecular complexity index is 1860. The summed E-state index contributed by atoms with van der Waals surface area (Å²) in [4.78, 5) is 54.1. The first-order chi connectivity index (χ1) is 21.8. The number of carbonyl (C=O) groups excluding carboxylic acids is 2. The number of hydrogen-bond donors (Lipinski definition) is 2. The Morgan fingerprint density at radius 3 is 2.55 bits per heavy atom. The monoisotopic (exact) mass is 790 g/mol. The van der Waals surface area contributed by atoms with Gasteiger partial charge in [0.1, 0.15) is 6.33 Å². The van der Waals surface area contributed by atoms with Crippen LogP contribution in [0.4, 0.5) is 24.5 Å². The maximum atomic E-state index is 13.2. The maximum Gasteiger partial charge on any atom is 1.00 e. The Morgan fingerprint density at radius 2 is 1.91 bits per heavy atom. The van der Waals surface area contributed by atoms with Crippen molar-refractivity contribution in [3.8, 4) is 5.75 Å². The van der Waals surface area contributed by atoms with Gasteiger partial charge in [-0.2, -0.15) is 13.2 Å². The van der Waals surface area contributed by atoms with E-state index in [1.165, 1.54) is 17.8 Å². The van der Waals surface area contributed by atoms with E-state index in [2.05, 4.69) is 37.5 Å². The van der Waals surface area contributed by atoms with E-state index in [9.17, 15) is 32.7 Å². The van der Waals surface area contributed by atoms with Crippen LogP contribution in [0.3, 0.4) is 0 Å². The minimum atomic E-state index is -4.43. The van der Waals surface area contributed by atoms with Crippen molar-refractivity contribution in [3.63, 3.8) is 0 Å². The average Bonchev–Trinajstić information content (AvgIpc) is 3.50. The molecule has 0 unspecified atom stereocenters. The number of carbonyl (C=O) groups is 2. The van der Waals surface area contributed by atoms with Gasteiger partial charge in [0.15, 0.2) is 28.0 Å². The maximum absolute atomic E-state index is 13.2. The van der Waals surface area contributed by atoms with Crippen molar-refractivity contribution in [2.24, 2.45) is 0 Å². The summed E-state index contributed by atoms with van der Waals surface area (Å²) in [5.41, 5.74) is 2.89. The first-order valence-electron chi connectivity index (χ1n) is 13.9. The van der Waals surface area contributed by atoms with Gasteiger partial charge in [0.05, 0.1) is 33.4 Å². The number of fused-ring (bicyclic) bond motifs is 3. The Morgan fingerprint density at radius 1 is 1.21 bits per heavy atom. The number of aryl methyl sites for hydroxylation is 4. The van der Waals surface area contributed by atoms with E-state index in [0.717, 1.165) is 49.0 Å². The molecule has 5 rings (SSSR count). The summed E-state index contributed by atoms with van der Waals surface area (Å²) in [5.74, 6) is -0.785. The molecule has 0 radical (unpaired) electrons. The Balaban J connectivity index is 0.000000338. The number of aromatic hydroxyl groups is 1. The van der Waals surface area contributed by atoms with Gasteiger partial charge in [-0.1, -0.05) is 17.3 Å². The van der Waals surface area contributed by atoms with Crippen molar-refractivity contribution in [2.45, 2.75) is 46.3 Å². The van der Waals surface area contributed by atoms with E-state index < -0.39 is 17.6 Å². The van der Waals surface area contributed by atoms with Gasteiger partial charge in [0, 0.05) is 12.2 Å². The fourth-order valence-corrected chi connectivity index (χ4v) is 4.90. The van der Waals surface area contributed by atoms with Crippen LogP contribution in [0, 0.1) is 34.2 Å². The quantitative estimate of drug-likeness (QED) is 0.204. The molecule has 0 atom stereocenters. The minimum Gasteiger partial charge on any atom is -0.678 e. The van der Waals surface area contributed by atoms with E-state index >= 15 is 0 Å². The zero-order chi connectivity index (χ0) is 33.8. The fraction of sp³-hybridized carbons (Fsp3) is 0.300. The molecule has 0 saturated carbocycles. The summed E-state index contributed by atoms with van der Waals surface area (Å²) in [6, 6.07) is 2.70. The van der Waals surface area contributed by atoms with Crippen molar-refractivity contribution in [1.82, 2.24) is 29.4 Å². The predicted octanol–water partition coefficient (Wildman–Crippen LogP) is 2.23. The molecule has 0 bridgehead atoms. The minimum absolute atomic E-state index is 0. The topological polar surface area (TPSA) is 157 Å². The molecule has 0 aliphatic carbocycles. The summed E-state index contributed by atoms with van der Waals surface area (Å²) in [5, 5.41) is 16.7. The smallest absolute Gasteiger partial charge is 0.678 e. The molecule has 12 nitrogen and oxygen atoms in total. The van der Waals surface area contributed by atoms with Crippen molar-refractivity contribution in [2.75, 3.05) is 18.4 Å². The average molecular weight is 791 g/mol. The van der Waals surface area contributed by atoms with Crippen LogP contribution in [0.1, 0.15) is 45.2 Å². The van der Waals surface area contributed by atoms with E-state index in [4.69, 9.17) is 11.6 Å². The number of halogens is 4. The molecule has 244 valence electrons. The zero-order valence-electron chi connectivity index (χ0n) is 26.0. The van der Waals surface area contributed by atoms with Crippen molar-refractivity contribution in [1.29, 1.82) is 0 Å². The van der Waals surface area contributed by atoms with Crippen molar-refractivity contribution < 1.29 is 96.8 Å². The summed E-state index contributed by atoms with van der Waals surface area (Å²) < 4.78 is 38.4. The third kappa shape index (κ3) is 8.84. The molecule has 3 aromatic heterocycles. The number of rotatable bonds is 8. The molecule has 1 aliphatic rings. The molecule has 4 heterocycles. The van der Waals surface area contributed by atoms with Gasteiger partial charge < -0.3 is 38.7 Å². The van der Waals surface area contributed by atoms with Crippen LogP contribution in [0.2, 0.25) is 5.02 Å².